The van der Waals surface area contributed by atoms with Gasteiger partial charge in [0.25, 0.3) is 5.96 Å². The Morgan fingerprint density at radius 3 is 2.70 bits per heavy atom. The van der Waals surface area contributed by atoms with Gasteiger partial charge in [0.15, 0.2) is 5.03 Å². The van der Waals surface area contributed by atoms with Gasteiger partial charge in [-0.2, -0.15) is 0 Å². The molecular formula is C13H20ClN6O5PS. The minimum Gasteiger partial charge on any atom is -0.332 e. The van der Waals surface area contributed by atoms with Crippen LogP contribution in [0, 0.1) is 10.1 Å². The van der Waals surface area contributed by atoms with Crippen molar-refractivity contribution in [1.29, 1.82) is 0 Å². The molecule has 11 nitrogen and oxygen atoms in total. The van der Waals surface area contributed by atoms with E-state index in [-0.39, 0.29) is 11.9 Å². The first-order chi connectivity index (χ1) is 12.7. The van der Waals surface area contributed by atoms with Crippen LogP contribution in [0.3, 0.4) is 0 Å². The summed E-state index contributed by atoms with van der Waals surface area (Å²) in [6.07, 6.45) is 3.25. The van der Waals surface area contributed by atoms with Gasteiger partial charge >= 0.3 is 6.72 Å². The molecule has 1 atom stereocenters. The van der Waals surface area contributed by atoms with Crippen LogP contribution in [0.1, 0.15) is 12.5 Å². The van der Waals surface area contributed by atoms with E-state index in [0.717, 1.165) is 16.9 Å². The van der Waals surface area contributed by atoms with Crippen LogP contribution in [0.5, 0.6) is 0 Å². The molecule has 0 saturated carbocycles. The Bertz CT molecular complexity index is 726. The van der Waals surface area contributed by atoms with E-state index in [1.54, 1.807) is 23.4 Å². The summed E-state index contributed by atoms with van der Waals surface area (Å²) in [4.78, 5) is 30.5. The highest BCUT2D eigenvalue weighted by Gasteiger charge is 2.21. The monoisotopic (exact) mass is 438 g/mol. The maximum atomic E-state index is 11.2. The average Bonchev–Trinajstić information content (AvgIpc) is 3.03. The number of rotatable bonds is 6. The van der Waals surface area contributed by atoms with Crippen molar-refractivity contribution in [3.8, 4) is 0 Å². The molecule has 0 radical (unpaired) electrons. The summed E-state index contributed by atoms with van der Waals surface area (Å²) in [7, 11) is 1.30. The zero-order chi connectivity index (χ0) is 20.4. The second-order valence-electron chi connectivity index (χ2n) is 5.02. The summed E-state index contributed by atoms with van der Waals surface area (Å²) in [5, 5.41) is 12.4. The van der Waals surface area contributed by atoms with Crippen molar-refractivity contribution in [3.63, 3.8) is 0 Å². The molecule has 27 heavy (non-hydrogen) atoms. The smallest absolute Gasteiger partial charge is 0.332 e. The van der Waals surface area contributed by atoms with Crippen LogP contribution >= 0.6 is 29.7 Å². The number of hydrazine groups is 1. The number of pyridine rings is 1. The third kappa shape index (κ3) is 8.57. The van der Waals surface area contributed by atoms with E-state index >= 15 is 0 Å². The summed E-state index contributed by atoms with van der Waals surface area (Å²) in [6, 6.07) is 3.52. The molecule has 2 heterocycles. The van der Waals surface area contributed by atoms with Gasteiger partial charge in [0, 0.05) is 33.3 Å². The van der Waals surface area contributed by atoms with Crippen molar-refractivity contribution >= 4 is 41.6 Å². The van der Waals surface area contributed by atoms with Gasteiger partial charge in [0.05, 0.1) is 6.54 Å². The number of hydrogen-bond acceptors (Lipinski definition) is 9. The fourth-order valence-corrected chi connectivity index (χ4v) is 3.84. The lowest BCUT2D eigenvalue weighted by atomic mass is 10.3. The van der Waals surface area contributed by atoms with Crippen LogP contribution in [0.25, 0.3) is 0 Å². The minimum atomic E-state index is -2.92. The van der Waals surface area contributed by atoms with Gasteiger partial charge < -0.3 is 9.42 Å². The lowest BCUT2D eigenvalue weighted by Crippen LogP contribution is -2.40. The van der Waals surface area contributed by atoms with E-state index in [1.165, 1.54) is 14.0 Å². The van der Waals surface area contributed by atoms with E-state index in [2.05, 4.69) is 25.0 Å². The number of aliphatic imine (C=N–C) groups is 1. The molecule has 1 unspecified atom stereocenters. The quantitative estimate of drug-likeness (QED) is 0.295. The lowest BCUT2D eigenvalue weighted by Gasteiger charge is -2.17. The average molecular weight is 439 g/mol. The summed E-state index contributed by atoms with van der Waals surface area (Å²) in [6.45, 7) is 0.0955. The van der Waals surface area contributed by atoms with E-state index in [9.17, 15) is 19.5 Å². The predicted octanol–water partition coefficient (Wildman–Crippen LogP) is 1.93. The van der Waals surface area contributed by atoms with E-state index in [1.807, 2.05) is 6.07 Å². The molecule has 0 aromatic carbocycles. The zero-order valence-electron chi connectivity index (χ0n) is 14.9. The summed E-state index contributed by atoms with van der Waals surface area (Å²) in [5.41, 5.74) is 3.00. The minimum absolute atomic E-state index is 0.282. The molecule has 150 valence electrons. The maximum absolute atomic E-state index is 11.2. The van der Waals surface area contributed by atoms with Crippen molar-refractivity contribution in [2.45, 2.75) is 13.5 Å². The topological polar surface area (TPSA) is 139 Å². The van der Waals surface area contributed by atoms with Crippen molar-refractivity contribution in [1.82, 2.24) is 20.4 Å². The van der Waals surface area contributed by atoms with Gasteiger partial charge in [0.2, 0.25) is 5.91 Å². The Morgan fingerprint density at radius 1 is 1.56 bits per heavy atom. The number of amides is 1. The number of carbonyl (C=O) groups excluding carboxylic acids is 1. The lowest BCUT2D eigenvalue weighted by molar-refractivity contribution is -0.526. The molecule has 0 bridgehead atoms. The van der Waals surface area contributed by atoms with Crippen molar-refractivity contribution in [3.05, 3.63) is 39.2 Å². The van der Waals surface area contributed by atoms with Crippen LogP contribution in [0.4, 0.5) is 0 Å². The molecule has 1 aliphatic rings. The van der Waals surface area contributed by atoms with E-state index in [0.29, 0.717) is 24.8 Å². The number of guanidine groups is 1. The SMILES string of the molecule is COP(=O)(NC(C)=O)SC.O=[N+]([O-])NC1=NCCN1Cc1ccc(Cl)nc1. The van der Waals surface area contributed by atoms with E-state index in [4.69, 9.17) is 11.6 Å². The Hall–Kier alpha value is -1.88. The molecule has 0 spiro atoms. The van der Waals surface area contributed by atoms with Gasteiger partial charge in [-0.25, -0.2) is 20.1 Å². The molecule has 1 aromatic heterocycles. The number of hydrogen-bond donors (Lipinski definition) is 2. The molecule has 0 saturated heterocycles. The van der Waals surface area contributed by atoms with Gasteiger partial charge in [0.1, 0.15) is 5.15 Å². The number of aromatic nitrogens is 1. The van der Waals surface area contributed by atoms with Crippen molar-refractivity contribution < 1.29 is 18.9 Å². The normalized spacial score (nSPS) is 15.1. The highest BCUT2D eigenvalue weighted by Crippen LogP contribution is 2.53. The molecule has 1 aromatic rings. The van der Waals surface area contributed by atoms with Gasteiger partial charge in [-0.1, -0.05) is 34.5 Å². The fraction of sp³-hybridized carbons (Fsp3) is 0.462. The molecular weight excluding hydrogens is 419 g/mol. The van der Waals surface area contributed by atoms with Crippen LogP contribution in [0.2, 0.25) is 5.15 Å². The molecule has 0 aliphatic carbocycles. The van der Waals surface area contributed by atoms with Crippen molar-refractivity contribution in [2.24, 2.45) is 4.99 Å². The number of halogens is 1. The Morgan fingerprint density at radius 2 is 2.26 bits per heavy atom. The third-order valence-electron chi connectivity index (χ3n) is 3.06. The number of nitro groups is 1. The molecule has 1 amide bonds. The standard InChI is InChI=1S/C9H10ClN5O2.C4H10NO3PS/c10-8-2-1-7(5-12-8)6-14-4-3-11-9(14)13-15(16)17;1-4(6)5-9(7,8-2)10-3/h1-2,5H,3-4,6H2,(H,11,13);1-3H3,(H,5,6,7). The van der Waals surface area contributed by atoms with Gasteiger partial charge in [-0.3, -0.25) is 14.4 Å². The van der Waals surface area contributed by atoms with Crippen LogP contribution in [0.15, 0.2) is 23.3 Å². The Kier molecular flexibility index (Phi) is 9.50. The first-order valence-electron chi connectivity index (χ1n) is 7.50. The highest BCUT2D eigenvalue weighted by atomic mass is 35.5. The largest absolute Gasteiger partial charge is 0.352 e. The van der Waals surface area contributed by atoms with Crippen molar-refractivity contribution in [2.75, 3.05) is 26.5 Å². The number of carbonyl (C=O) groups is 1. The predicted molar refractivity (Wildman–Crippen MR) is 104 cm³/mol. The number of nitrogens with one attached hydrogen (secondary N) is 2. The van der Waals surface area contributed by atoms with Crippen LogP contribution < -0.4 is 10.5 Å². The Labute approximate surface area is 165 Å². The van der Waals surface area contributed by atoms with Gasteiger partial charge in [-0.15, -0.1) is 0 Å². The summed E-state index contributed by atoms with van der Waals surface area (Å²) in [5.74, 6) is -0.0653. The molecule has 1 aliphatic heterocycles. The van der Waals surface area contributed by atoms with Gasteiger partial charge in [-0.05, 0) is 17.9 Å². The summed E-state index contributed by atoms with van der Waals surface area (Å²) >= 11 is 6.68. The summed E-state index contributed by atoms with van der Waals surface area (Å²) < 4.78 is 15.8. The maximum Gasteiger partial charge on any atom is 0.352 e. The second-order valence-corrected chi connectivity index (χ2v) is 9.89. The second kappa shape index (κ2) is 11.1. The van der Waals surface area contributed by atoms with Crippen LogP contribution in [-0.2, 0) is 20.4 Å². The zero-order valence-corrected chi connectivity index (χ0v) is 17.4. The first kappa shape index (κ1) is 23.2. The van der Waals surface area contributed by atoms with E-state index < -0.39 is 11.8 Å². The molecule has 0 fully saturated rings. The first-order valence-corrected chi connectivity index (χ1v) is 11.3. The fourth-order valence-electron chi connectivity index (χ4n) is 1.90. The third-order valence-corrected chi connectivity index (χ3v) is 7.00. The number of nitrogens with zero attached hydrogens (tertiary/aromatic N) is 4. The molecule has 2 N–H and O–H groups in total. The van der Waals surface area contributed by atoms with Crippen LogP contribution in [-0.4, -0.2) is 53.2 Å². The molecule has 2 rings (SSSR count). The highest BCUT2D eigenvalue weighted by molar-refractivity contribution is 8.55. The Balaban J connectivity index is 0.000000314. The molecule has 14 heteroatoms.